The molecule has 1 aliphatic carbocycles. The molecule has 0 unspecified atom stereocenters. The van der Waals surface area contributed by atoms with Crippen LogP contribution in [0.3, 0.4) is 0 Å². The molecule has 25 heavy (non-hydrogen) atoms. The zero-order valence-corrected chi connectivity index (χ0v) is 14.3. The number of rotatable bonds is 5. The largest absolute Gasteiger partial charge is 0.486 e. The molecule has 3 rings (SSSR count). The van der Waals surface area contributed by atoms with Crippen LogP contribution in [0.4, 0.5) is 10.5 Å². The van der Waals surface area contributed by atoms with Gasteiger partial charge in [-0.2, -0.15) is 0 Å². The van der Waals surface area contributed by atoms with Gasteiger partial charge in [0, 0.05) is 30.8 Å². The number of hydrogen-bond acceptors (Lipinski definition) is 4. The zero-order valence-electron chi connectivity index (χ0n) is 14.3. The van der Waals surface area contributed by atoms with E-state index >= 15 is 0 Å². The Hall–Kier alpha value is -2.44. The lowest BCUT2D eigenvalue weighted by atomic mass is 9.96. The third-order valence-electron chi connectivity index (χ3n) is 4.40. The minimum absolute atomic E-state index is 0.158. The number of amides is 3. The normalized spacial score (nSPS) is 16.8. The number of anilines is 1. The molecule has 2 aliphatic rings. The summed E-state index contributed by atoms with van der Waals surface area (Å²) in [4.78, 5) is 23.8. The van der Waals surface area contributed by atoms with E-state index in [2.05, 4.69) is 16.0 Å². The number of nitrogens with one attached hydrogen (secondary N) is 3. The van der Waals surface area contributed by atoms with E-state index in [1.807, 2.05) is 0 Å². The van der Waals surface area contributed by atoms with Gasteiger partial charge in [-0.15, -0.1) is 0 Å². The number of urea groups is 1. The van der Waals surface area contributed by atoms with Crippen molar-refractivity contribution in [1.82, 2.24) is 10.6 Å². The third-order valence-corrected chi connectivity index (χ3v) is 4.40. The van der Waals surface area contributed by atoms with E-state index in [4.69, 9.17) is 9.47 Å². The molecule has 0 atom stereocenters. The lowest BCUT2D eigenvalue weighted by Gasteiger charge is -2.22. The molecule has 1 saturated carbocycles. The van der Waals surface area contributed by atoms with Crippen molar-refractivity contribution in [2.45, 2.75) is 44.6 Å². The van der Waals surface area contributed by atoms with Crippen LogP contribution in [-0.4, -0.2) is 37.7 Å². The second kappa shape index (κ2) is 8.60. The van der Waals surface area contributed by atoms with Crippen molar-refractivity contribution >= 4 is 17.6 Å². The van der Waals surface area contributed by atoms with Crippen LogP contribution in [0, 0.1) is 0 Å². The highest BCUT2D eigenvalue weighted by atomic mass is 16.6. The second-order valence-corrected chi connectivity index (χ2v) is 6.39. The predicted octanol–water partition coefficient (Wildman–Crippen LogP) is 2.42. The molecule has 0 saturated heterocycles. The van der Waals surface area contributed by atoms with Gasteiger partial charge >= 0.3 is 6.03 Å². The number of ether oxygens (including phenoxy) is 2. The van der Waals surface area contributed by atoms with Crippen LogP contribution in [0.1, 0.15) is 38.5 Å². The van der Waals surface area contributed by atoms with E-state index in [1.54, 1.807) is 18.2 Å². The Balaban J connectivity index is 1.37. The first-order valence-corrected chi connectivity index (χ1v) is 8.94. The smallest absolute Gasteiger partial charge is 0.315 e. The molecule has 0 bridgehead atoms. The van der Waals surface area contributed by atoms with Crippen molar-refractivity contribution in [3.63, 3.8) is 0 Å². The summed E-state index contributed by atoms with van der Waals surface area (Å²) in [6.45, 7) is 1.34. The van der Waals surface area contributed by atoms with Crippen LogP contribution >= 0.6 is 0 Å². The molecule has 3 N–H and O–H groups in total. The van der Waals surface area contributed by atoms with Crippen molar-refractivity contribution in [2.75, 3.05) is 25.1 Å². The maximum atomic E-state index is 12.0. The van der Waals surface area contributed by atoms with Gasteiger partial charge in [-0.3, -0.25) is 4.79 Å². The maximum Gasteiger partial charge on any atom is 0.315 e. The van der Waals surface area contributed by atoms with Crippen LogP contribution in [0.5, 0.6) is 11.5 Å². The van der Waals surface area contributed by atoms with Gasteiger partial charge in [0.1, 0.15) is 13.2 Å². The fourth-order valence-electron chi connectivity index (χ4n) is 3.12. The quantitative estimate of drug-likeness (QED) is 0.763. The molecule has 7 nitrogen and oxygen atoms in total. The third kappa shape index (κ3) is 5.27. The number of benzene rings is 1. The van der Waals surface area contributed by atoms with Gasteiger partial charge < -0.3 is 25.4 Å². The SMILES string of the molecule is O=C(CCNC(=O)NC1CCCCC1)Nc1ccc2c(c1)OCCO2. The van der Waals surface area contributed by atoms with Gasteiger partial charge in [0.05, 0.1) is 0 Å². The average Bonchev–Trinajstić information content (AvgIpc) is 2.62. The van der Waals surface area contributed by atoms with Gasteiger partial charge in [0.15, 0.2) is 11.5 Å². The maximum absolute atomic E-state index is 12.0. The Labute approximate surface area is 147 Å². The Kier molecular flexibility index (Phi) is 5.98. The molecule has 1 aromatic carbocycles. The number of hydrogen-bond donors (Lipinski definition) is 3. The average molecular weight is 347 g/mol. The first kappa shape index (κ1) is 17.4. The van der Waals surface area contributed by atoms with Crippen LogP contribution < -0.4 is 25.4 Å². The van der Waals surface area contributed by atoms with E-state index in [0.29, 0.717) is 36.9 Å². The summed E-state index contributed by atoms with van der Waals surface area (Å²) in [5.74, 6) is 1.16. The van der Waals surface area contributed by atoms with Crippen molar-refractivity contribution in [3.8, 4) is 11.5 Å². The van der Waals surface area contributed by atoms with E-state index in [9.17, 15) is 9.59 Å². The van der Waals surface area contributed by atoms with Crippen LogP contribution in [-0.2, 0) is 4.79 Å². The van der Waals surface area contributed by atoms with Gasteiger partial charge in [0.2, 0.25) is 5.91 Å². The summed E-state index contributed by atoms with van der Waals surface area (Å²) in [6.07, 6.45) is 5.88. The molecule has 136 valence electrons. The molecule has 0 aromatic heterocycles. The lowest BCUT2D eigenvalue weighted by molar-refractivity contribution is -0.116. The standard InChI is InChI=1S/C18H25N3O4/c22-17(8-9-19-18(23)21-13-4-2-1-3-5-13)20-14-6-7-15-16(12-14)25-11-10-24-15/h6-7,12-13H,1-5,8-11H2,(H,20,22)(H2,19,21,23). The Morgan fingerprint density at radius 1 is 1.04 bits per heavy atom. The summed E-state index contributed by atoms with van der Waals surface area (Å²) >= 11 is 0. The summed E-state index contributed by atoms with van der Waals surface area (Å²) in [5, 5.41) is 8.51. The van der Waals surface area contributed by atoms with E-state index in [1.165, 1.54) is 19.3 Å². The first-order valence-electron chi connectivity index (χ1n) is 8.94. The fourth-order valence-corrected chi connectivity index (χ4v) is 3.12. The topological polar surface area (TPSA) is 88.7 Å². The van der Waals surface area contributed by atoms with Gasteiger partial charge in [-0.05, 0) is 25.0 Å². The highest BCUT2D eigenvalue weighted by molar-refractivity contribution is 5.91. The fraction of sp³-hybridized carbons (Fsp3) is 0.556. The molecule has 3 amide bonds. The number of fused-ring (bicyclic) bond motifs is 1. The number of carbonyl (C=O) groups is 2. The van der Waals surface area contributed by atoms with Crippen molar-refractivity contribution in [1.29, 1.82) is 0 Å². The van der Waals surface area contributed by atoms with Crippen LogP contribution in [0.2, 0.25) is 0 Å². The minimum Gasteiger partial charge on any atom is -0.486 e. The lowest BCUT2D eigenvalue weighted by Crippen LogP contribution is -2.43. The molecule has 0 spiro atoms. The second-order valence-electron chi connectivity index (χ2n) is 6.39. The Morgan fingerprint density at radius 3 is 2.60 bits per heavy atom. The molecule has 1 heterocycles. The van der Waals surface area contributed by atoms with E-state index in [-0.39, 0.29) is 24.4 Å². The van der Waals surface area contributed by atoms with Gasteiger partial charge in [-0.1, -0.05) is 19.3 Å². The van der Waals surface area contributed by atoms with E-state index < -0.39 is 0 Å². The summed E-state index contributed by atoms with van der Waals surface area (Å²) in [7, 11) is 0. The summed E-state index contributed by atoms with van der Waals surface area (Å²) in [6, 6.07) is 5.36. The summed E-state index contributed by atoms with van der Waals surface area (Å²) < 4.78 is 10.9. The van der Waals surface area contributed by atoms with Crippen LogP contribution in [0.25, 0.3) is 0 Å². The van der Waals surface area contributed by atoms with Crippen molar-refractivity contribution < 1.29 is 19.1 Å². The zero-order chi connectivity index (χ0) is 17.5. The molecule has 1 aromatic rings. The molecular formula is C18H25N3O4. The van der Waals surface area contributed by atoms with Crippen molar-refractivity contribution in [2.24, 2.45) is 0 Å². The molecule has 1 aliphatic heterocycles. The van der Waals surface area contributed by atoms with Crippen LogP contribution in [0.15, 0.2) is 18.2 Å². The highest BCUT2D eigenvalue weighted by Gasteiger charge is 2.16. The van der Waals surface area contributed by atoms with Gasteiger partial charge in [-0.25, -0.2) is 4.79 Å². The van der Waals surface area contributed by atoms with Crippen molar-refractivity contribution in [3.05, 3.63) is 18.2 Å². The first-order chi connectivity index (χ1) is 12.2. The molecule has 0 radical (unpaired) electrons. The minimum atomic E-state index is -0.195. The number of carbonyl (C=O) groups excluding carboxylic acids is 2. The molecule has 1 fully saturated rings. The summed E-state index contributed by atoms with van der Waals surface area (Å²) in [5.41, 5.74) is 0.654. The molecular weight excluding hydrogens is 322 g/mol. The Morgan fingerprint density at radius 2 is 1.80 bits per heavy atom. The monoisotopic (exact) mass is 347 g/mol. The van der Waals surface area contributed by atoms with E-state index in [0.717, 1.165) is 12.8 Å². The molecule has 7 heteroatoms. The Bertz CT molecular complexity index is 614. The predicted molar refractivity (Wildman–Crippen MR) is 94.1 cm³/mol. The van der Waals surface area contributed by atoms with Gasteiger partial charge in [0.25, 0.3) is 0 Å². The highest BCUT2D eigenvalue weighted by Crippen LogP contribution is 2.32.